The normalized spacial score (nSPS) is 13.6. The van der Waals surface area contributed by atoms with Crippen LogP contribution in [-0.4, -0.2) is 21.2 Å². The van der Waals surface area contributed by atoms with E-state index in [4.69, 9.17) is 5.73 Å². The van der Waals surface area contributed by atoms with Gasteiger partial charge in [0.05, 0.1) is 21.4 Å². The maximum atomic E-state index is 11.9. The van der Waals surface area contributed by atoms with Gasteiger partial charge in [0, 0.05) is 11.5 Å². The van der Waals surface area contributed by atoms with Gasteiger partial charge in [0.25, 0.3) is 0 Å². The second kappa shape index (κ2) is 5.77. The summed E-state index contributed by atoms with van der Waals surface area (Å²) in [4.78, 5) is 0.410. The second-order valence-electron chi connectivity index (χ2n) is 3.33. The van der Waals surface area contributed by atoms with Crippen molar-refractivity contribution in [2.75, 3.05) is 17.2 Å². The van der Waals surface area contributed by atoms with Crippen LogP contribution in [0, 0.1) is 6.92 Å². The van der Waals surface area contributed by atoms with Crippen LogP contribution in [0.4, 0.5) is 18.9 Å². The Kier molecular flexibility index (Phi) is 4.88. The lowest BCUT2D eigenvalue weighted by Crippen LogP contribution is -2.09. The molecule has 1 unspecified atom stereocenters. The first-order valence-corrected chi connectivity index (χ1v) is 7.06. The number of nitrogen functional groups attached to an aromatic ring is 1. The second-order valence-corrected chi connectivity index (χ2v) is 6.03. The topological polar surface area (TPSA) is 43.1 Å². The van der Waals surface area contributed by atoms with Gasteiger partial charge in [0.2, 0.25) is 0 Å². The van der Waals surface area contributed by atoms with E-state index in [1.54, 1.807) is 25.1 Å². The molecule has 0 fully saturated rings. The Labute approximate surface area is 104 Å². The molecule has 0 aliphatic carbocycles. The molecule has 1 rings (SSSR count). The fourth-order valence-corrected chi connectivity index (χ4v) is 3.22. The Hall–Kier alpha value is -0.690. The maximum absolute atomic E-state index is 11.9. The fraction of sp³-hybridized carbons (Fsp3) is 0.400. The van der Waals surface area contributed by atoms with Crippen LogP contribution in [0.1, 0.15) is 5.56 Å². The molecule has 96 valence electrons. The van der Waals surface area contributed by atoms with Gasteiger partial charge in [-0.1, -0.05) is 23.9 Å². The minimum Gasteiger partial charge on any atom is -0.398 e. The number of thioether (sulfide) groups is 1. The molecule has 0 heterocycles. The predicted octanol–water partition coefficient (Wildman–Crippen LogP) is 2.94. The number of hydrogen-bond acceptors (Lipinski definition) is 3. The molecule has 0 radical (unpaired) electrons. The first-order valence-electron chi connectivity index (χ1n) is 4.75. The highest BCUT2D eigenvalue weighted by molar-refractivity contribution is 8.00. The highest BCUT2D eigenvalue weighted by Gasteiger charge is 2.28. The molecule has 7 heteroatoms. The van der Waals surface area contributed by atoms with Gasteiger partial charge >= 0.3 is 5.51 Å². The molecule has 0 saturated heterocycles. The summed E-state index contributed by atoms with van der Waals surface area (Å²) in [6.45, 7) is 1.76. The van der Waals surface area contributed by atoms with Crippen molar-refractivity contribution >= 4 is 28.2 Å². The molecule has 1 aromatic carbocycles. The van der Waals surface area contributed by atoms with Crippen molar-refractivity contribution in [1.29, 1.82) is 0 Å². The summed E-state index contributed by atoms with van der Waals surface area (Å²) in [7, 11) is -1.49. The van der Waals surface area contributed by atoms with Gasteiger partial charge in [-0.15, -0.1) is 0 Å². The molecule has 0 aliphatic rings. The number of alkyl halides is 3. The zero-order valence-corrected chi connectivity index (χ0v) is 10.7. The Balaban J connectivity index is 2.62. The van der Waals surface area contributed by atoms with Crippen molar-refractivity contribution < 1.29 is 17.4 Å². The van der Waals surface area contributed by atoms with Gasteiger partial charge in [-0.2, -0.15) is 13.2 Å². The molecule has 2 N–H and O–H groups in total. The largest absolute Gasteiger partial charge is 0.441 e. The third-order valence-electron chi connectivity index (χ3n) is 2.06. The van der Waals surface area contributed by atoms with Crippen LogP contribution in [-0.2, 0) is 10.8 Å². The summed E-state index contributed by atoms with van der Waals surface area (Å²) in [6, 6.07) is 5.03. The number of para-hydroxylation sites is 1. The zero-order valence-electron chi connectivity index (χ0n) is 9.08. The summed E-state index contributed by atoms with van der Waals surface area (Å²) in [5, 5.41) is 0. The number of halogens is 3. The lowest BCUT2D eigenvalue weighted by Gasteiger charge is -2.08. The molecule has 17 heavy (non-hydrogen) atoms. The fourth-order valence-electron chi connectivity index (χ4n) is 1.20. The molecular weight excluding hydrogens is 271 g/mol. The average Bonchev–Trinajstić information content (AvgIpc) is 2.20. The van der Waals surface area contributed by atoms with Gasteiger partial charge in [-0.3, -0.25) is 4.21 Å². The minimum atomic E-state index is -4.28. The van der Waals surface area contributed by atoms with E-state index in [1.807, 2.05) is 0 Å². The van der Waals surface area contributed by atoms with E-state index < -0.39 is 16.3 Å². The monoisotopic (exact) mass is 283 g/mol. The lowest BCUT2D eigenvalue weighted by atomic mass is 10.2. The van der Waals surface area contributed by atoms with E-state index in [1.165, 1.54) is 0 Å². The molecule has 1 atom stereocenters. The van der Waals surface area contributed by atoms with E-state index in [9.17, 15) is 17.4 Å². The minimum absolute atomic E-state index is 0.0577. The molecule has 0 amide bonds. The average molecular weight is 283 g/mol. The lowest BCUT2D eigenvalue weighted by molar-refractivity contribution is -0.0326. The van der Waals surface area contributed by atoms with Gasteiger partial charge in [0.1, 0.15) is 0 Å². The van der Waals surface area contributed by atoms with Crippen molar-refractivity contribution in [2.45, 2.75) is 17.3 Å². The van der Waals surface area contributed by atoms with Crippen molar-refractivity contribution in [1.82, 2.24) is 0 Å². The van der Waals surface area contributed by atoms with E-state index in [0.717, 1.165) is 5.56 Å². The third kappa shape index (κ3) is 4.59. The summed E-state index contributed by atoms with van der Waals surface area (Å²) < 4.78 is 47.4. The van der Waals surface area contributed by atoms with Crippen molar-refractivity contribution in [3.8, 4) is 0 Å². The molecule has 0 saturated carbocycles. The number of rotatable bonds is 4. The molecular formula is C10H12F3NOS2. The van der Waals surface area contributed by atoms with Gasteiger partial charge in [0.15, 0.2) is 0 Å². The van der Waals surface area contributed by atoms with Crippen LogP contribution >= 0.6 is 11.8 Å². The van der Waals surface area contributed by atoms with E-state index in [0.29, 0.717) is 10.6 Å². The van der Waals surface area contributed by atoms with E-state index >= 15 is 0 Å². The number of hydrogen-bond donors (Lipinski definition) is 1. The van der Waals surface area contributed by atoms with Crippen LogP contribution in [0.15, 0.2) is 23.1 Å². The quantitative estimate of drug-likeness (QED) is 0.864. The third-order valence-corrected chi connectivity index (χ3v) is 4.48. The highest BCUT2D eigenvalue weighted by atomic mass is 32.2. The molecule has 0 spiro atoms. The van der Waals surface area contributed by atoms with Crippen LogP contribution in [0.3, 0.4) is 0 Å². The SMILES string of the molecule is Cc1cccc(S(=O)CCSC(F)(F)F)c1N. The number of anilines is 1. The molecule has 1 aromatic rings. The molecule has 0 aromatic heterocycles. The number of benzene rings is 1. The van der Waals surface area contributed by atoms with Gasteiger partial charge in [-0.25, -0.2) is 0 Å². The smallest absolute Gasteiger partial charge is 0.398 e. The summed E-state index contributed by atoms with van der Waals surface area (Å²) >= 11 is -0.167. The Morgan fingerprint density at radius 1 is 1.41 bits per heavy atom. The van der Waals surface area contributed by atoms with Gasteiger partial charge in [-0.05, 0) is 18.6 Å². The van der Waals surface area contributed by atoms with Crippen molar-refractivity contribution in [2.24, 2.45) is 0 Å². The van der Waals surface area contributed by atoms with Crippen molar-refractivity contribution in [3.05, 3.63) is 23.8 Å². The Morgan fingerprint density at radius 2 is 2.06 bits per heavy atom. The van der Waals surface area contributed by atoms with Crippen LogP contribution in [0.2, 0.25) is 0 Å². The van der Waals surface area contributed by atoms with Gasteiger partial charge < -0.3 is 5.73 Å². The standard InChI is InChI=1S/C10H12F3NOS2/c1-7-3-2-4-8(9(7)14)17(15)6-5-16-10(11,12)13/h2-4H,5-6,14H2,1H3. The van der Waals surface area contributed by atoms with Crippen molar-refractivity contribution in [3.63, 3.8) is 0 Å². The van der Waals surface area contributed by atoms with Crippen LogP contribution in [0.5, 0.6) is 0 Å². The van der Waals surface area contributed by atoms with E-state index in [-0.39, 0.29) is 23.3 Å². The zero-order chi connectivity index (χ0) is 13.1. The first-order chi connectivity index (χ1) is 7.81. The Bertz CT molecular complexity index is 421. The number of aryl methyl sites for hydroxylation is 1. The predicted molar refractivity (Wildman–Crippen MR) is 65.4 cm³/mol. The Morgan fingerprint density at radius 3 is 2.65 bits per heavy atom. The summed E-state index contributed by atoms with van der Waals surface area (Å²) in [5.74, 6) is -0.290. The molecule has 0 bridgehead atoms. The highest BCUT2D eigenvalue weighted by Crippen LogP contribution is 2.30. The van der Waals surface area contributed by atoms with Crippen LogP contribution in [0.25, 0.3) is 0 Å². The van der Waals surface area contributed by atoms with Crippen LogP contribution < -0.4 is 5.73 Å². The summed E-state index contributed by atoms with van der Waals surface area (Å²) in [5.41, 5.74) is 2.61. The number of nitrogens with two attached hydrogens (primary N) is 1. The maximum Gasteiger partial charge on any atom is 0.441 e. The first kappa shape index (κ1) is 14.4. The molecule has 2 nitrogen and oxygen atoms in total. The van der Waals surface area contributed by atoms with E-state index in [2.05, 4.69) is 0 Å². The molecule has 0 aliphatic heterocycles. The summed E-state index contributed by atoms with van der Waals surface area (Å²) in [6.07, 6.45) is 0.